The van der Waals surface area contributed by atoms with E-state index in [-0.39, 0.29) is 10.7 Å². The highest BCUT2D eigenvalue weighted by Crippen LogP contribution is 2.33. The fourth-order valence-electron chi connectivity index (χ4n) is 2.20. The average molecular weight is 320 g/mol. The van der Waals surface area contributed by atoms with Gasteiger partial charge in [0.25, 0.3) is 11.8 Å². The van der Waals surface area contributed by atoms with Crippen LogP contribution in [0.1, 0.15) is 11.1 Å². The Morgan fingerprint density at radius 1 is 1.23 bits per heavy atom. The number of carbonyl (C=O) groups excluding carboxylic acids is 2. The van der Waals surface area contributed by atoms with E-state index < -0.39 is 11.8 Å². The van der Waals surface area contributed by atoms with E-state index in [1.807, 2.05) is 6.92 Å². The van der Waals surface area contributed by atoms with Gasteiger partial charge in [-0.3, -0.25) is 19.8 Å². The lowest BCUT2D eigenvalue weighted by atomic mass is 10.0. The Morgan fingerprint density at radius 3 is 2.50 bits per heavy atom. The van der Waals surface area contributed by atoms with Crippen LogP contribution in [0.3, 0.4) is 0 Å². The number of carbonyl (C=O) groups is 2. The number of nitrogens with one attached hydrogen (secondary N) is 1. The molecule has 6 nitrogen and oxygen atoms in total. The number of thiocarbonyl (C=S) groups is 1. The van der Waals surface area contributed by atoms with Gasteiger partial charge in [0.05, 0.1) is 14.2 Å². The summed E-state index contributed by atoms with van der Waals surface area (Å²) in [5, 5.41) is 2.56. The third-order valence-electron chi connectivity index (χ3n) is 3.42. The molecule has 1 aliphatic heterocycles. The molecule has 1 saturated heterocycles. The van der Waals surface area contributed by atoms with Crippen LogP contribution in [0.4, 0.5) is 0 Å². The zero-order chi connectivity index (χ0) is 16.4. The van der Waals surface area contributed by atoms with Crippen LogP contribution >= 0.6 is 12.2 Å². The lowest BCUT2D eigenvalue weighted by Gasteiger charge is -2.25. The van der Waals surface area contributed by atoms with Crippen LogP contribution in [0.25, 0.3) is 6.08 Å². The third kappa shape index (κ3) is 2.67. The van der Waals surface area contributed by atoms with E-state index in [0.717, 1.165) is 5.56 Å². The summed E-state index contributed by atoms with van der Waals surface area (Å²) in [6, 6.07) is 3.48. The SMILES string of the molecule is COc1ccc(/C=C2\C(=O)NC(=S)N(C)C2=O)c(OC)c1C. The fraction of sp³-hybridized carbons (Fsp3) is 0.267. The molecule has 0 saturated carbocycles. The first-order chi connectivity index (χ1) is 10.4. The van der Waals surface area contributed by atoms with Gasteiger partial charge in [-0.1, -0.05) is 0 Å². The summed E-state index contributed by atoms with van der Waals surface area (Å²) in [5.74, 6) is 0.230. The molecule has 22 heavy (non-hydrogen) atoms. The third-order valence-corrected chi connectivity index (χ3v) is 3.79. The van der Waals surface area contributed by atoms with Gasteiger partial charge in [0.1, 0.15) is 17.1 Å². The van der Waals surface area contributed by atoms with E-state index in [9.17, 15) is 9.59 Å². The summed E-state index contributed by atoms with van der Waals surface area (Å²) < 4.78 is 10.6. The molecule has 0 aromatic heterocycles. The van der Waals surface area contributed by atoms with Crippen molar-refractivity contribution in [1.82, 2.24) is 10.2 Å². The molecule has 116 valence electrons. The molecule has 1 heterocycles. The number of hydrogen-bond acceptors (Lipinski definition) is 5. The summed E-state index contributed by atoms with van der Waals surface area (Å²) in [5.41, 5.74) is 1.39. The van der Waals surface area contributed by atoms with Gasteiger partial charge < -0.3 is 9.47 Å². The quantitative estimate of drug-likeness (QED) is 0.516. The van der Waals surface area contributed by atoms with E-state index in [4.69, 9.17) is 21.7 Å². The maximum absolute atomic E-state index is 12.2. The van der Waals surface area contributed by atoms with Crippen LogP contribution in [0, 0.1) is 6.92 Å². The van der Waals surface area contributed by atoms with Gasteiger partial charge in [-0.05, 0) is 37.4 Å². The predicted molar refractivity (Wildman–Crippen MR) is 85.8 cm³/mol. The molecule has 0 radical (unpaired) electrons. The number of ether oxygens (including phenoxy) is 2. The highest BCUT2D eigenvalue weighted by molar-refractivity contribution is 7.80. The van der Waals surface area contributed by atoms with E-state index in [1.165, 1.54) is 25.1 Å². The molecular formula is C15H16N2O4S. The zero-order valence-corrected chi connectivity index (χ0v) is 13.5. The maximum atomic E-state index is 12.2. The van der Waals surface area contributed by atoms with Gasteiger partial charge in [0, 0.05) is 18.2 Å². The monoisotopic (exact) mass is 320 g/mol. The van der Waals surface area contributed by atoms with Crippen LogP contribution in [-0.2, 0) is 9.59 Å². The minimum Gasteiger partial charge on any atom is -0.496 e. The van der Waals surface area contributed by atoms with E-state index in [1.54, 1.807) is 19.2 Å². The van der Waals surface area contributed by atoms with Crippen molar-refractivity contribution in [2.75, 3.05) is 21.3 Å². The van der Waals surface area contributed by atoms with E-state index >= 15 is 0 Å². The van der Waals surface area contributed by atoms with Crippen molar-refractivity contribution in [3.63, 3.8) is 0 Å². The number of amides is 2. The molecule has 0 atom stereocenters. The standard InChI is InChI=1S/C15H16N2O4S/c1-8-11(20-3)6-5-9(12(8)21-4)7-10-13(18)16-15(22)17(2)14(10)19/h5-7H,1-4H3,(H,16,18,22)/b10-7+. The predicted octanol–water partition coefficient (Wildman–Crippen LogP) is 1.27. The van der Waals surface area contributed by atoms with Crippen LogP contribution in [0.2, 0.25) is 0 Å². The van der Waals surface area contributed by atoms with Gasteiger partial charge >= 0.3 is 0 Å². The van der Waals surface area contributed by atoms with Gasteiger partial charge in [-0.25, -0.2) is 0 Å². The number of hydrogen-bond donors (Lipinski definition) is 1. The van der Waals surface area contributed by atoms with Gasteiger partial charge in [-0.15, -0.1) is 0 Å². The van der Waals surface area contributed by atoms with Crippen molar-refractivity contribution < 1.29 is 19.1 Å². The second-order valence-corrected chi connectivity index (χ2v) is 5.08. The van der Waals surface area contributed by atoms with Crippen molar-refractivity contribution in [2.24, 2.45) is 0 Å². The first-order valence-electron chi connectivity index (χ1n) is 6.47. The molecule has 1 aromatic rings. The van der Waals surface area contributed by atoms with Gasteiger partial charge in [0.15, 0.2) is 5.11 Å². The highest BCUT2D eigenvalue weighted by atomic mass is 32.1. The van der Waals surface area contributed by atoms with Crippen molar-refractivity contribution in [3.05, 3.63) is 28.8 Å². The highest BCUT2D eigenvalue weighted by Gasteiger charge is 2.31. The molecular weight excluding hydrogens is 304 g/mol. The molecule has 1 aliphatic rings. The molecule has 2 amide bonds. The Morgan fingerprint density at radius 2 is 1.91 bits per heavy atom. The minimum absolute atomic E-state index is 0.000957. The molecule has 2 rings (SSSR count). The summed E-state index contributed by atoms with van der Waals surface area (Å²) in [4.78, 5) is 25.4. The lowest BCUT2D eigenvalue weighted by Crippen LogP contribution is -2.52. The normalized spacial score (nSPS) is 16.8. The van der Waals surface area contributed by atoms with E-state index in [0.29, 0.717) is 17.1 Å². The molecule has 1 N–H and O–H groups in total. The average Bonchev–Trinajstić information content (AvgIpc) is 2.49. The number of methoxy groups -OCH3 is 2. The van der Waals surface area contributed by atoms with Crippen molar-refractivity contribution in [2.45, 2.75) is 6.92 Å². The maximum Gasteiger partial charge on any atom is 0.265 e. The number of nitrogens with zero attached hydrogens (tertiary/aromatic N) is 1. The topological polar surface area (TPSA) is 67.9 Å². The number of likely N-dealkylation sites (N-methyl/N-ethyl adjacent to an activating group) is 1. The molecule has 0 unspecified atom stereocenters. The second-order valence-electron chi connectivity index (χ2n) is 4.70. The van der Waals surface area contributed by atoms with Crippen molar-refractivity contribution in [1.29, 1.82) is 0 Å². The van der Waals surface area contributed by atoms with Crippen molar-refractivity contribution in [3.8, 4) is 11.5 Å². The zero-order valence-electron chi connectivity index (χ0n) is 12.7. The number of benzene rings is 1. The molecule has 0 spiro atoms. The van der Waals surface area contributed by atoms with Gasteiger partial charge in [-0.2, -0.15) is 0 Å². The Labute approximate surface area is 133 Å². The summed E-state index contributed by atoms with van der Waals surface area (Å²) in [6.07, 6.45) is 1.49. The lowest BCUT2D eigenvalue weighted by molar-refractivity contribution is -0.128. The molecule has 0 aliphatic carbocycles. The molecule has 7 heteroatoms. The van der Waals surface area contributed by atoms with Gasteiger partial charge in [0.2, 0.25) is 0 Å². The summed E-state index contributed by atoms with van der Waals surface area (Å²) in [6.45, 7) is 1.84. The smallest absolute Gasteiger partial charge is 0.265 e. The number of rotatable bonds is 3. The fourth-order valence-corrected chi connectivity index (χ4v) is 2.38. The Bertz CT molecular complexity index is 697. The Hall–Kier alpha value is -2.41. The van der Waals surface area contributed by atoms with Crippen LogP contribution < -0.4 is 14.8 Å². The first kappa shape index (κ1) is 16.0. The minimum atomic E-state index is -0.524. The van der Waals surface area contributed by atoms with Crippen molar-refractivity contribution >= 4 is 35.2 Å². The summed E-state index contributed by atoms with van der Waals surface area (Å²) >= 11 is 4.91. The van der Waals surface area contributed by atoms with Crippen LogP contribution in [0.15, 0.2) is 17.7 Å². The molecule has 0 bridgehead atoms. The first-order valence-corrected chi connectivity index (χ1v) is 6.88. The largest absolute Gasteiger partial charge is 0.496 e. The Kier molecular flexibility index (Phi) is 4.46. The Balaban J connectivity index is 2.53. The van der Waals surface area contributed by atoms with E-state index in [2.05, 4.69) is 5.32 Å². The molecule has 1 aromatic carbocycles. The van der Waals surface area contributed by atoms with Crippen LogP contribution in [-0.4, -0.2) is 43.1 Å². The molecule has 1 fully saturated rings. The summed E-state index contributed by atoms with van der Waals surface area (Å²) in [7, 11) is 4.59. The second kappa shape index (κ2) is 6.15. The van der Waals surface area contributed by atoms with Crippen LogP contribution in [0.5, 0.6) is 11.5 Å².